The van der Waals surface area contributed by atoms with E-state index < -0.39 is 17.9 Å². The summed E-state index contributed by atoms with van der Waals surface area (Å²) in [6.45, 7) is 4.53. The smallest absolute Gasteiger partial charge is 0.550 e. The number of hydrogen-bond acceptors (Lipinski definition) is 5. The van der Waals surface area contributed by atoms with Crippen LogP contribution < -0.4 is 10.2 Å². The molecule has 0 radical (unpaired) electrons. The quantitative estimate of drug-likeness (QED) is 0.0572. The van der Waals surface area contributed by atoms with Crippen LogP contribution in [0.1, 0.15) is 230 Å². The summed E-state index contributed by atoms with van der Waals surface area (Å²) >= 11 is 0. The molecule has 0 heterocycles. The molecule has 0 fully saturated rings. The summed E-state index contributed by atoms with van der Waals surface area (Å²) in [7, 11) is 0. The minimum absolute atomic E-state index is 0. The zero-order chi connectivity index (χ0) is 36.5. The molecule has 0 aromatic heterocycles. The molecule has 0 spiro atoms. The van der Waals surface area contributed by atoms with Gasteiger partial charge in [0.25, 0.3) is 0 Å². The normalized spacial score (nSPS) is 10.3. The SMILES string of the molecule is CCCCCCCCCCCCCCCCCC(=O)[O-].CCCCCCCCCCCCCCCCCC(=O)[O-].O=C(O)c1ccccc1.[Mg+2]. The van der Waals surface area contributed by atoms with Crippen LogP contribution in [-0.2, 0) is 9.59 Å². The monoisotopic (exact) mass is 713 g/mol. The van der Waals surface area contributed by atoms with Crippen LogP contribution in [0.4, 0.5) is 0 Å². The summed E-state index contributed by atoms with van der Waals surface area (Å²) in [5.74, 6) is -2.69. The van der Waals surface area contributed by atoms with Crippen molar-refractivity contribution in [3.8, 4) is 0 Å². The number of benzene rings is 1. The number of carboxylic acid groups (broad SMARTS) is 3. The van der Waals surface area contributed by atoms with E-state index in [1.165, 1.54) is 167 Å². The number of hydrogen-bond donors (Lipinski definition) is 1. The molecule has 0 saturated carbocycles. The summed E-state index contributed by atoms with van der Waals surface area (Å²) in [6, 6.07) is 8.30. The largest absolute Gasteiger partial charge is 2.00 e. The Morgan fingerprint density at radius 1 is 0.420 bits per heavy atom. The topological polar surface area (TPSA) is 118 Å². The van der Waals surface area contributed by atoms with Crippen molar-refractivity contribution in [2.75, 3.05) is 0 Å². The molecule has 1 aromatic carbocycles. The fraction of sp³-hybridized carbons (Fsp3) is 0.791. The van der Waals surface area contributed by atoms with Crippen LogP contribution in [0.2, 0.25) is 0 Å². The molecule has 286 valence electrons. The van der Waals surface area contributed by atoms with E-state index in [2.05, 4.69) is 13.8 Å². The van der Waals surface area contributed by atoms with Crippen LogP contribution in [0.3, 0.4) is 0 Å². The van der Waals surface area contributed by atoms with Crippen molar-refractivity contribution in [3.05, 3.63) is 35.9 Å². The van der Waals surface area contributed by atoms with Gasteiger partial charge in [-0.25, -0.2) is 4.79 Å². The maximum atomic E-state index is 10.2. The number of rotatable bonds is 33. The minimum Gasteiger partial charge on any atom is -0.550 e. The summed E-state index contributed by atoms with van der Waals surface area (Å²) < 4.78 is 0. The first-order valence-corrected chi connectivity index (χ1v) is 20.5. The van der Waals surface area contributed by atoms with Gasteiger partial charge in [0.05, 0.1) is 5.56 Å². The molecule has 0 saturated heterocycles. The first-order chi connectivity index (χ1) is 23.8. The van der Waals surface area contributed by atoms with Crippen LogP contribution >= 0.6 is 0 Å². The maximum absolute atomic E-state index is 10.2. The van der Waals surface area contributed by atoms with Crippen LogP contribution in [0.15, 0.2) is 30.3 Å². The van der Waals surface area contributed by atoms with E-state index in [0.717, 1.165) is 25.7 Å². The second-order valence-electron chi connectivity index (χ2n) is 13.8. The molecule has 6 nitrogen and oxygen atoms in total. The molecule has 0 aliphatic rings. The molecule has 0 unspecified atom stereocenters. The number of carbonyl (C=O) groups is 3. The molecule has 0 atom stereocenters. The van der Waals surface area contributed by atoms with Crippen molar-refractivity contribution < 1.29 is 29.7 Å². The Hall–Kier alpha value is -1.60. The van der Waals surface area contributed by atoms with Crippen LogP contribution in [-0.4, -0.2) is 46.1 Å². The number of aliphatic carboxylic acids is 2. The third kappa shape index (κ3) is 48.5. The Labute approximate surface area is 324 Å². The summed E-state index contributed by atoms with van der Waals surface area (Å²) in [4.78, 5) is 30.6. The Morgan fingerprint density at radius 2 is 0.640 bits per heavy atom. The fourth-order valence-corrected chi connectivity index (χ4v) is 5.86. The molecule has 1 rings (SSSR count). The van der Waals surface area contributed by atoms with Crippen molar-refractivity contribution in [2.24, 2.45) is 0 Å². The molecular weight excluding hydrogens is 637 g/mol. The molecule has 0 bridgehead atoms. The van der Waals surface area contributed by atoms with Gasteiger partial charge in [-0.3, -0.25) is 0 Å². The van der Waals surface area contributed by atoms with Crippen LogP contribution in [0, 0.1) is 0 Å². The Morgan fingerprint density at radius 3 is 0.820 bits per heavy atom. The van der Waals surface area contributed by atoms with Crippen LogP contribution in [0.25, 0.3) is 0 Å². The maximum Gasteiger partial charge on any atom is 2.00 e. The predicted octanol–water partition coefficient (Wildman–Crippen LogP) is 11.0. The van der Waals surface area contributed by atoms with Gasteiger partial charge in [0.15, 0.2) is 0 Å². The zero-order valence-corrected chi connectivity index (χ0v) is 34.1. The molecule has 0 amide bonds. The van der Waals surface area contributed by atoms with E-state index >= 15 is 0 Å². The van der Waals surface area contributed by atoms with Crippen molar-refractivity contribution in [3.63, 3.8) is 0 Å². The average molecular weight is 713 g/mol. The Kier molecular flexibility index (Phi) is 47.9. The van der Waals surface area contributed by atoms with Gasteiger partial charge in [-0.05, 0) is 37.8 Å². The first-order valence-electron chi connectivity index (χ1n) is 20.5. The van der Waals surface area contributed by atoms with Crippen molar-refractivity contribution in [2.45, 2.75) is 219 Å². The van der Waals surface area contributed by atoms with E-state index in [1.54, 1.807) is 30.3 Å². The number of carboxylic acids is 3. The first kappa shape index (κ1) is 52.8. The molecular formula is C43H76MgO6. The summed E-state index contributed by atoms with van der Waals surface area (Å²) in [5.41, 5.74) is 0.331. The second-order valence-corrected chi connectivity index (χ2v) is 13.8. The van der Waals surface area contributed by atoms with Gasteiger partial charge in [-0.15, -0.1) is 0 Å². The van der Waals surface area contributed by atoms with E-state index in [1.807, 2.05) is 0 Å². The van der Waals surface area contributed by atoms with E-state index in [4.69, 9.17) is 5.11 Å². The van der Waals surface area contributed by atoms with E-state index in [-0.39, 0.29) is 35.9 Å². The minimum atomic E-state index is -0.903. The van der Waals surface area contributed by atoms with Gasteiger partial charge in [0, 0.05) is 11.9 Å². The van der Waals surface area contributed by atoms with Gasteiger partial charge in [-0.1, -0.05) is 212 Å². The molecule has 7 heteroatoms. The van der Waals surface area contributed by atoms with Crippen molar-refractivity contribution in [1.82, 2.24) is 0 Å². The second kappa shape index (κ2) is 45.4. The Balaban J connectivity index is -0.000000699. The van der Waals surface area contributed by atoms with E-state index in [0.29, 0.717) is 5.56 Å². The van der Waals surface area contributed by atoms with E-state index in [9.17, 15) is 24.6 Å². The Bertz CT molecular complexity index is 788. The number of aromatic carboxylic acids is 1. The third-order valence-corrected chi connectivity index (χ3v) is 8.99. The predicted molar refractivity (Wildman–Crippen MR) is 208 cm³/mol. The van der Waals surface area contributed by atoms with Gasteiger partial charge in [-0.2, -0.15) is 0 Å². The molecule has 1 aromatic rings. The standard InChI is InChI=1S/2C18H36O2.C7H6O2.Mg/c2*1-2-3-4-5-6-7-8-9-10-11-12-13-14-15-16-17-18(19)20;8-7(9)6-4-2-1-3-5-6;/h2*2-17H2,1H3,(H,19,20);1-5H,(H,8,9);/q;;;+2/p-2. The van der Waals surface area contributed by atoms with Crippen molar-refractivity contribution >= 4 is 41.0 Å². The third-order valence-electron chi connectivity index (χ3n) is 8.99. The van der Waals surface area contributed by atoms with Gasteiger partial charge < -0.3 is 24.9 Å². The number of unbranched alkanes of at least 4 members (excludes halogenated alkanes) is 28. The van der Waals surface area contributed by atoms with Crippen LogP contribution in [0.5, 0.6) is 0 Å². The summed E-state index contributed by atoms with van der Waals surface area (Å²) in [6.07, 6.45) is 39.7. The zero-order valence-electron chi connectivity index (χ0n) is 32.7. The number of carbonyl (C=O) groups excluding carboxylic acids is 2. The molecule has 0 aliphatic heterocycles. The summed E-state index contributed by atoms with van der Waals surface area (Å²) in [5, 5.41) is 28.8. The van der Waals surface area contributed by atoms with Gasteiger partial charge >= 0.3 is 29.0 Å². The van der Waals surface area contributed by atoms with Crippen molar-refractivity contribution in [1.29, 1.82) is 0 Å². The fourth-order valence-electron chi connectivity index (χ4n) is 5.86. The molecule has 1 N–H and O–H groups in total. The molecule has 0 aliphatic carbocycles. The van der Waals surface area contributed by atoms with Gasteiger partial charge in [0.2, 0.25) is 0 Å². The van der Waals surface area contributed by atoms with Gasteiger partial charge in [0.1, 0.15) is 0 Å². The molecule has 50 heavy (non-hydrogen) atoms. The average Bonchev–Trinajstić information content (AvgIpc) is 3.09.